The summed E-state index contributed by atoms with van der Waals surface area (Å²) in [7, 11) is 4.15. The molecule has 1 aromatic rings. The van der Waals surface area contributed by atoms with Crippen molar-refractivity contribution >= 4 is 5.95 Å². The minimum Gasteiger partial charge on any atom is -0.343 e. The van der Waals surface area contributed by atoms with E-state index in [4.69, 9.17) is 5.73 Å². The minimum absolute atomic E-state index is 0.620. The number of hydrogen-bond acceptors (Lipinski definition) is 5. The Hall–Kier alpha value is -1.20. The van der Waals surface area contributed by atoms with E-state index in [1.807, 2.05) is 24.3 Å². The molecule has 0 saturated carbocycles. The predicted molar refractivity (Wildman–Crippen MR) is 73.8 cm³/mol. The van der Waals surface area contributed by atoms with Gasteiger partial charge in [0.25, 0.3) is 0 Å². The van der Waals surface area contributed by atoms with Gasteiger partial charge in [0, 0.05) is 32.5 Å². The summed E-state index contributed by atoms with van der Waals surface area (Å²) in [5, 5.41) is 0. The van der Waals surface area contributed by atoms with Crippen molar-refractivity contribution in [2.75, 3.05) is 45.2 Å². The van der Waals surface area contributed by atoms with E-state index in [1.54, 1.807) is 0 Å². The van der Waals surface area contributed by atoms with Crippen molar-refractivity contribution in [1.29, 1.82) is 0 Å². The molecule has 2 N–H and O–H groups in total. The normalized spacial score (nSPS) is 17.9. The van der Waals surface area contributed by atoms with Gasteiger partial charge in [-0.25, -0.2) is 9.97 Å². The third-order valence-electron chi connectivity index (χ3n) is 3.65. The summed E-state index contributed by atoms with van der Waals surface area (Å²) < 4.78 is 0. The van der Waals surface area contributed by atoms with Gasteiger partial charge in [0.05, 0.1) is 0 Å². The van der Waals surface area contributed by atoms with Crippen LogP contribution in [0.25, 0.3) is 0 Å². The Morgan fingerprint density at radius 3 is 2.50 bits per heavy atom. The van der Waals surface area contributed by atoms with E-state index in [1.165, 1.54) is 31.5 Å². The number of nitrogens with two attached hydrogens (primary N) is 1. The second kappa shape index (κ2) is 6.11. The lowest BCUT2D eigenvalue weighted by Gasteiger charge is -2.29. The van der Waals surface area contributed by atoms with Crippen LogP contribution in [-0.4, -0.2) is 55.1 Å². The number of aromatic nitrogens is 2. The Morgan fingerprint density at radius 2 is 1.94 bits per heavy atom. The lowest BCUT2D eigenvalue weighted by molar-refractivity contribution is 0.255. The molecular formula is C13H23N5. The first-order valence-electron chi connectivity index (χ1n) is 6.62. The highest BCUT2D eigenvalue weighted by atomic mass is 15.2. The fourth-order valence-corrected chi connectivity index (χ4v) is 2.37. The van der Waals surface area contributed by atoms with Gasteiger partial charge in [0.2, 0.25) is 5.95 Å². The molecular weight excluding hydrogens is 226 g/mol. The molecule has 0 radical (unpaired) electrons. The van der Waals surface area contributed by atoms with Crippen LogP contribution in [0.15, 0.2) is 12.4 Å². The molecule has 100 valence electrons. The van der Waals surface area contributed by atoms with Gasteiger partial charge in [-0.2, -0.15) is 0 Å². The third-order valence-corrected chi connectivity index (χ3v) is 3.65. The van der Waals surface area contributed by atoms with Crippen LogP contribution in [-0.2, 0) is 0 Å². The van der Waals surface area contributed by atoms with E-state index in [0.717, 1.165) is 12.5 Å². The van der Waals surface area contributed by atoms with Crippen molar-refractivity contribution in [1.82, 2.24) is 14.9 Å². The van der Waals surface area contributed by atoms with Crippen molar-refractivity contribution in [3.8, 4) is 0 Å². The zero-order chi connectivity index (χ0) is 13.0. The largest absolute Gasteiger partial charge is 0.343 e. The third kappa shape index (κ3) is 3.17. The van der Waals surface area contributed by atoms with Crippen molar-refractivity contribution in [2.24, 2.45) is 5.73 Å². The summed E-state index contributed by atoms with van der Waals surface area (Å²) in [5.41, 5.74) is 6.80. The van der Waals surface area contributed by atoms with Crippen LogP contribution in [0, 0.1) is 0 Å². The van der Waals surface area contributed by atoms with E-state index in [2.05, 4.69) is 21.9 Å². The molecule has 0 bridgehead atoms. The van der Waals surface area contributed by atoms with E-state index in [0.29, 0.717) is 12.5 Å². The van der Waals surface area contributed by atoms with Gasteiger partial charge in [-0.15, -0.1) is 0 Å². The number of nitrogens with zero attached hydrogens (tertiary/aromatic N) is 4. The van der Waals surface area contributed by atoms with Gasteiger partial charge in [0.15, 0.2) is 0 Å². The lowest BCUT2D eigenvalue weighted by atomic mass is 9.92. The molecule has 5 nitrogen and oxygen atoms in total. The molecule has 1 aromatic heterocycles. The summed E-state index contributed by atoms with van der Waals surface area (Å²) in [6.45, 7) is 3.74. The highest BCUT2D eigenvalue weighted by molar-refractivity contribution is 5.29. The van der Waals surface area contributed by atoms with Crippen LogP contribution in [0.2, 0.25) is 0 Å². The number of likely N-dealkylation sites (N-methyl/N-ethyl adjacent to an activating group) is 1. The summed E-state index contributed by atoms with van der Waals surface area (Å²) in [4.78, 5) is 13.2. The molecule has 0 spiro atoms. The van der Waals surface area contributed by atoms with Gasteiger partial charge in [-0.3, -0.25) is 0 Å². The zero-order valence-electron chi connectivity index (χ0n) is 11.3. The molecule has 18 heavy (non-hydrogen) atoms. The number of piperidine rings is 1. The molecule has 1 saturated heterocycles. The quantitative estimate of drug-likeness (QED) is 0.850. The van der Waals surface area contributed by atoms with Crippen LogP contribution < -0.4 is 10.6 Å². The van der Waals surface area contributed by atoms with Gasteiger partial charge >= 0.3 is 0 Å². The summed E-state index contributed by atoms with van der Waals surface area (Å²) in [5.74, 6) is 1.38. The molecule has 1 fully saturated rings. The van der Waals surface area contributed by atoms with Crippen molar-refractivity contribution in [3.63, 3.8) is 0 Å². The highest BCUT2D eigenvalue weighted by Crippen LogP contribution is 2.26. The predicted octanol–water partition coefficient (Wildman–Crippen LogP) is 0.681. The zero-order valence-corrected chi connectivity index (χ0v) is 11.3. The first-order valence-corrected chi connectivity index (χ1v) is 6.62. The fourth-order valence-electron chi connectivity index (χ4n) is 2.37. The first-order chi connectivity index (χ1) is 8.70. The Labute approximate surface area is 109 Å². The van der Waals surface area contributed by atoms with Gasteiger partial charge in [0.1, 0.15) is 0 Å². The van der Waals surface area contributed by atoms with Crippen molar-refractivity contribution in [2.45, 2.75) is 18.8 Å². The molecule has 2 heterocycles. The maximum absolute atomic E-state index is 5.52. The topological polar surface area (TPSA) is 58.3 Å². The van der Waals surface area contributed by atoms with Crippen LogP contribution in [0.5, 0.6) is 0 Å². The molecule has 0 aromatic carbocycles. The summed E-state index contributed by atoms with van der Waals surface area (Å²) in [6, 6.07) is 0. The fraction of sp³-hybridized carbons (Fsp3) is 0.692. The number of hydrogen-bond donors (Lipinski definition) is 1. The molecule has 5 heteroatoms. The van der Waals surface area contributed by atoms with E-state index in [-0.39, 0.29) is 0 Å². The SMILES string of the molecule is CN1CCC(c2cnc(N(C)CCN)nc2)CC1. The summed E-state index contributed by atoms with van der Waals surface area (Å²) >= 11 is 0. The van der Waals surface area contributed by atoms with Gasteiger partial charge in [-0.05, 0) is 44.5 Å². The Morgan fingerprint density at radius 1 is 1.33 bits per heavy atom. The highest BCUT2D eigenvalue weighted by Gasteiger charge is 2.19. The molecule has 0 unspecified atom stereocenters. The van der Waals surface area contributed by atoms with Gasteiger partial charge in [-0.1, -0.05) is 0 Å². The van der Waals surface area contributed by atoms with Crippen LogP contribution in [0.1, 0.15) is 24.3 Å². The maximum Gasteiger partial charge on any atom is 0.225 e. The van der Waals surface area contributed by atoms with E-state index < -0.39 is 0 Å². The van der Waals surface area contributed by atoms with E-state index >= 15 is 0 Å². The molecule has 2 rings (SSSR count). The minimum atomic E-state index is 0.620. The summed E-state index contributed by atoms with van der Waals surface area (Å²) in [6.07, 6.45) is 6.37. The van der Waals surface area contributed by atoms with Crippen molar-refractivity contribution in [3.05, 3.63) is 18.0 Å². The molecule has 0 atom stereocenters. The van der Waals surface area contributed by atoms with Crippen LogP contribution >= 0.6 is 0 Å². The Bertz CT molecular complexity index is 356. The standard InChI is InChI=1S/C13H23N5/c1-17-6-3-11(4-7-17)12-9-15-13(16-10-12)18(2)8-5-14/h9-11H,3-8,14H2,1-2H3. The average Bonchev–Trinajstić information content (AvgIpc) is 2.40. The second-order valence-electron chi connectivity index (χ2n) is 5.10. The smallest absolute Gasteiger partial charge is 0.225 e. The van der Waals surface area contributed by atoms with Crippen LogP contribution in [0.3, 0.4) is 0 Å². The first kappa shape index (κ1) is 13.2. The maximum atomic E-state index is 5.52. The molecule has 1 aliphatic heterocycles. The lowest BCUT2D eigenvalue weighted by Crippen LogP contribution is -2.29. The van der Waals surface area contributed by atoms with Crippen LogP contribution in [0.4, 0.5) is 5.95 Å². The number of anilines is 1. The average molecular weight is 249 g/mol. The number of rotatable bonds is 4. The number of likely N-dealkylation sites (tertiary alicyclic amines) is 1. The van der Waals surface area contributed by atoms with Crippen molar-refractivity contribution < 1.29 is 0 Å². The second-order valence-corrected chi connectivity index (χ2v) is 5.10. The monoisotopic (exact) mass is 249 g/mol. The van der Waals surface area contributed by atoms with E-state index in [9.17, 15) is 0 Å². The Kier molecular flexibility index (Phi) is 4.49. The molecule has 0 aliphatic carbocycles. The Balaban J connectivity index is 1.99. The molecule has 0 amide bonds. The van der Waals surface area contributed by atoms with Gasteiger partial charge < -0.3 is 15.5 Å². The molecule has 1 aliphatic rings.